The zero-order valence-corrected chi connectivity index (χ0v) is 17.6. The molecule has 4 nitrogen and oxygen atoms in total. The number of fused-ring (bicyclic) bond motifs is 1. The maximum Gasteiger partial charge on any atom is 0.253 e. The van der Waals surface area contributed by atoms with Gasteiger partial charge >= 0.3 is 0 Å². The Labute approximate surface area is 178 Å². The van der Waals surface area contributed by atoms with Crippen LogP contribution >= 0.6 is 22.9 Å². The van der Waals surface area contributed by atoms with Crippen molar-refractivity contribution in [2.75, 3.05) is 4.90 Å². The van der Waals surface area contributed by atoms with Gasteiger partial charge in [-0.25, -0.2) is 4.98 Å². The van der Waals surface area contributed by atoms with Crippen molar-refractivity contribution >= 4 is 50.3 Å². The van der Waals surface area contributed by atoms with Crippen molar-refractivity contribution in [3.63, 3.8) is 0 Å². The van der Waals surface area contributed by atoms with Crippen LogP contribution in [0.2, 0.25) is 5.02 Å². The van der Waals surface area contributed by atoms with E-state index in [1.165, 1.54) is 23.0 Å². The number of rotatable bonds is 5. The predicted octanol–water partition coefficient (Wildman–Crippen LogP) is 6.41. The molecule has 0 aliphatic heterocycles. The molecule has 6 heteroatoms. The second-order valence-electron chi connectivity index (χ2n) is 6.71. The highest BCUT2D eigenvalue weighted by atomic mass is 35.5. The van der Waals surface area contributed by atoms with Gasteiger partial charge in [-0.15, -0.1) is 0 Å². The average molecular weight is 423 g/mol. The lowest BCUT2D eigenvalue weighted by Crippen LogP contribution is -2.28. The first kappa shape index (κ1) is 19.4. The lowest BCUT2D eigenvalue weighted by molar-refractivity contribution is -0.114. The Morgan fingerprint density at radius 2 is 2.00 bits per heavy atom. The number of benzene rings is 2. The molecule has 0 aliphatic carbocycles. The summed E-state index contributed by atoms with van der Waals surface area (Å²) in [6.07, 6.45) is 4.85. The minimum Gasteiger partial charge on any atom is -0.467 e. The number of hydrogen-bond acceptors (Lipinski definition) is 4. The highest BCUT2D eigenvalue weighted by Crippen LogP contribution is 2.33. The summed E-state index contributed by atoms with van der Waals surface area (Å²) >= 11 is 7.70. The van der Waals surface area contributed by atoms with E-state index in [1.54, 1.807) is 23.3 Å². The quantitative estimate of drug-likeness (QED) is 0.349. The van der Waals surface area contributed by atoms with Crippen molar-refractivity contribution in [3.05, 3.63) is 88.3 Å². The first-order valence-corrected chi connectivity index (χ1v) is 10.4. The Bertz CT molecular complexity index is 1200. The molecule has 2 aromatic heterocycles. The fraction of sp³-hybridized carbons (Fsp3) is 0.130. The number of halogens is 1. The summed E-state index contributed by atoms with van der Waals surface area (Å²) in [5, 5.41) is 1.24. The highest BCUT2D eigenvalue weighted by Gasteiger charge is 2.20. The minimum absolute atomic E-state index is 0.185. The second kappa shape index (κ2) is 8.23. The summed E-state index contributed by atoms with van der Waals surface area (Å²) < 4.78 is 6.52. The number of hydrogen-bond donors (Lipinski definition) is 0. The number of carbonyl (C=O) groups is 1. The number of nitrogens with zero attached hydrogens (tertiary/aromatic N) is 2. The van der Waals surface area contributed by atoms with Gasteiger partial charge in [0.05, 0.1) is 23.0 Å². The van der Waals surface area contributed by atoms with Gasteiger partial charge in [-0.3, -0.25) is 9.69 Å². The molecule has 0 saturated heterocycles. The van der Waals surface area contributed by atoms with E-state index in [2.05, 4.69) is 19.9 Å². The van der Waals surface area contributed by atoms with Crippen LogP contribution in [0.5, 0.6) is 0 Å². The smallest absolute Gasteiger partial charge is 0.253 e. The summed E-state index contributed by atoms with van der Waals surface area (Å²) in [4.78, 5) is 19.5. The van der Waals surface area contributed by atoms with Crippen molar-refractivity contribution in [1.82, 2.24) is 4.98 Å². The van der Waals surface area contributed by atoms with Crippen LogP contribution < -0.4 is 4.90 Å². The molecule has 0 saturated carbocycles. The van der Waals surface area contributed by atoms with E-state index >= 15 is 0 Å². The fourth-order valence-electron chi connectivity index (χ4n) is 2.99. The van der Waals surface area contributed by atoms with Crippen molar-refractivity contribution in [2.45, 2.75) is 20.4 Å². The standard InChI is InChI=1S/C23H19ClN2O2S/c1-15-9-11-20-22(16(15)2)25-23(29-20)26(14-18-7-5-13-28-18)21(27)12-10-17-6-3-4-8-19(17)24/h3-13H,14H2,1-2H3/b12-10+. The summed E-state index contributed by atoms with van der Waals surface area (Å²) in [6.45, 7) is 4.42. The number of aryl methyl sites for hydroxylation is 2. The van der Waals surface area contributed by atoms with E-state index in [9.17, 15) is 4.79 Å². The molecule has 146 valence electrons. The Kier molecular flexibility index (Phi) is 5.51. The van der Waals surface area contributed by atoms with Crippen molar-refractivity contribution in [2.24, 2.45) is 0 Å². The number of carbonyl (C=O) groups excluding carboxylic acids is 1. The molecule has 0 bridgehead atoms. The van der Waals surface area contributed by atoms with Gasteiger partial charge in [-0.05, 0) is 60.9 Å². The molecule has 0 unspecified atom stereocenters. The lowest BCUT2D eigenvalue weighted by Gasteiger charge is -2.16. The van der Waals surface area contributed by atoms with Crippen molar-refractivity contribution < 1.29 is 9.21 Å². The van der Waals surface area contributed by atoms with E-state index in [0.29, 0.717) is 22.5 Å². The maximum atomic E-state index is 13.1. The van der Waals surface area contributed by atoms with Crippen LogP contribution in [0, 0.1) is 13.8 Å². The summed E-state index contributed by atoms with van der Waals surface area (Å²) in [6, 6.07) is 15.2. The maximum absolute atomic E-state index is 13.1. The van der Waals surface area contributed by atoms with Crippen LogP contribution in [-0.4, -0.2) is 10.9 Å². The number of anilines is 1. The summed E-state index contributed by atoms with van der Waals surface area (Å²) in [7, 11) is 0. The van der Waals surface area contributed by atoms with Crippen LogP contribution in [-0.2, 0) is 11.3 Å². The van der Waals surface area contributed by atoms with Crippen molar-refractivity contribution in [1.29, 1.82) is 0 Å². The molecule has 29 heavy (non-hydrogen) atoms. The largest absolute Gasteiger partial charge is 0.467 e. The molecule has 4 aromatic rings. The van der Waals surface area contributed by atoms with Gasteiger partial charge in [0.25, 0.3) is 5.91 Å². The van der Waals surface area contributed by atoms with Gasteiger partial charge in [0.15, 0.2) is 5.13 Å². The number of amides is 1. The summed E-state index contributed by atoms with van der Waals surface area (Å²) in [5.74, 6) is 0.506. The third kappa shape index (κ3) is 4.11. The molecular formula is C23H19ClN2O2S. The number of furan rings is 1. The summed E-state index contributed by atoms with van der Waals surface area (Å²) in [5.41, 5.74) is 4.02. The molecule has 1 amide bonds. The topological polar surface area (TPSA) is 46.3 Å². The predicted molar refractivity (Wildman–Crippen MR) is 119 cm³/mol. The highest BCUT2D eigenvalue weighted by molar-refractivity contribution is 7.22. The molecule has 2 heterocycles. The molecule has 0 N–H and O–H groups in total. The molecule has 0 aliphatic rings. The lowest BCUT2D eigenvalue weighted by atomic mass is 10.1. The first-order valence-electron chi connectivity index (χ1n) is 9.16. The van der Waals surface area contributed by atoms with Gasteiger partial charge in [0.1, 0.15) is 5.76 Å². The van der Waals surface area contributed by atoms with Crippen LogP contribution in [0.15, 0.2) is 65.3 Å². The van der Waals surface area contributed by atoms with Crippen LogP contribution in [0.1, 0.15) is 22.5 Å². The number of thiazole rings is 1. The van der Waals surface area contributed by atoms with Crippen LogP contribution in [0.4, 0.5) is 5.13 Å². The molecule has 0 fully saturated rings. The zero-order chi connectivity index (χ0) is 20.4. The Morgan fingerprint density at radius 1 is 1.17 bits per heavy atom. The average Bonchev–Trinajstić information content (AvgIpc) is 3.38. The van der Waals surface area contributed by atoms with Gasteiger partial charge in [-0.1, -0.05) is 47.2 Å². The van der Waals surface area contributed by atoms with E-state index < -0.39 is 0 Å². The monoisotopic (exact) mass is 422 g/mol. The van der Waals surface area contributed by atoms with Gasteiger partial charge in [0, 0.05) is 11.1 Å². The van der Waals surface area contributed by atoms with Gasteiger partial charge in [0.2, 0.25) is 0 Å². The van der Waals surface area contributed by atoms with E-state index in [1.807, 2.05) is 36.4 Å². The molecule has 0 atom stereocenters. The zero-order valence-electron chi connectivity index (χ0n) is 16.1. The van der Waals surface area contributed by atoms with Gasteiger partial charge in [-0.2, -0.15) is 0 Å². The van der Waals surface area contributed by atoms with E-state index in [-0.39, 0.29) is 5.91 Å². The molecule has 4 rings (SSSR count). The SMILES string of the molecule is Cc1ccc2sc(N(Cc3ccco3)C(=O)/C=C/c3ccccc3Cl)nc2c1C. The number of aromatic nitrogens is 1. The van der Waals surface area contributed by atoms with E-state index in [4.69, 9.17) is 21.0 Å². The van der Waals surface area contributed by atoms with Crippen molar-refractivity contribution in [3.8, 4) is 0 Å². The van der Waals surface area contributed by atoms with E-state index in [0.717, 1.165) is 21.3 Å². The molecule has 2 aromatic carbocycles. The van der Waals surface area contributed by atoms with Crippen LogP contribution in [0.25, 0.3) is 16.3 Å². The Balaban J connectivity index is 1.71. The third-order valence-corrected chi connectivity index (χ3v) is 6.16. The molecule has 0 spiro atoms. The Hall–Kier alpha value is -2.89. The molecule has 0 radical (unpaired) electrons. The fourth-order valence-corrected chi connectivity index (χ4v) is 4.22. The second-order valence-corrected chi connectivity index (χ2v) is 8.13. The molecular weight excluding hydrogens is 404 g/mol. The third-order valence-electron chi connectivity index (χ3n) is 4.78. The minimum atomic E-state index is -0.185. The first-order chi connectivity index (χ1) is 14.0. The normalized spacial score (nSPS) is 11.4. The Morgan fingerprint density at radius 3 is 2.76 bits per heavy atom. The van der Waals surface area contributed by atoms with Gasteiger partial charge < -0.3 is 4.42 Å². The van der Waals surface area contributed by atoms with Crippen LogP contribution in [0.3, 0.4) is 0 Å².